The minimum atomic E-state index is -0.247. The van der Waals surface area contributed by atoms with Crippen molar-refractivity contribution < 1.29 is 9.53 Å². The Hall–Kier alpha value is -3.59. The number of ether oxygens (including phenoxy) is 1. The summed E-state index contributed by atoms with van der Waals surface area (Å²) >= 11 is 0. The molecule has 0 atom stereocenters. The van der Waals surface area contributed by atoms with Crippen LogP contribution in [0.3, 0.4) is 0 Å². The minimum Gasteiger partial charge on any atom is -0.445 e. The van der Waals surface area contributed by atoms with E-state index in [4.69, 9.17) is 9.72 Å². The molecular weight excluding hydrogens is 418 g/mol. The Morgan fingerprint density at radius 1 is 1.18 bits per heavy atom. The zero-order valence-electron chi connectivity index (χ0n) is 19.3. The SMILES string of the molecule is CNc1nc2[nH]c(-c3cccc(COC(=O)N4CCCN(C)CC4)c3)cc2c2c1ncn2C. The van der Waals surface area contributed by atoms with Crippen LogP contribution in [-0.2, 0) is 18.4 Å². The number of rotatable bonds is 4. The Kier molecular flexibility index (Phi) is 5.63. The third-order valence-corrected chi connectivity index (χ3v) is 6.25. The van der Waals surface area contributed by atoms with Crippen molar-refractivity contribution in [1.82, 2.24) is 29.3 Å². The summed E-state index contributed by atoms with van der Waals surface area (Å²) in [5, 5.41) is 4.15. The van der Waals surface area contributed by atoms with Gasteiger partial charge in [-0.2, -0.15) is 0 Å². The van der Waals surface area contributed by atoms with Crippen LogP contribution in [-0.4, -0.2) is 75.7 Å². The number of hydrogen-bond donors (Lipinski definition) is 2. The van der Waals surface area contributed by atoms with Crippen LogP contribution in [0.1, 0.15) is 12.0 Å². The third kappa shape index (κ3) is 4.11. The van der Waals surface area contributed by atoms with Crippen LogP contribution in [0.5, 0.6) is 0 Å². The Balaban J connectivity index is 1.37. The molecule has 1 aliphatic rings. The maximum atomic E-state index is 12.6. The number of aryl methyl sites for hydroxylation is 1. The second-order valence-corrected chi connectivity index (χ2v) is 8.61. The molecule has 172 valence electrons. The highest BCUT2D eigenvalue weighted by Crippen LogP contribution is 2.31. The normalized spacial score (nSPS) is 15.2. The summed E-state index contributed by atoms with van der Waals surface area (Å²) in [6.45, 7) is 3.56. The van der Waals surface area contributed by atoms with E-state index in [1.54, 1.807) is 11.2 Å². The molecule has 9 heteroatoms. The molecule has 9 nitrogen and oxygen atoms in total. The van der Waals surface area contributed by atoms with E-state index in [0.29, 0.717) is 6.54 Å². The maximum Gasteiger partial charge on any atom is 0.410 e. The summed E-state index contributed by atoms with van der Waals surface area (Å²) in [6, 6.07) is 10.2. The number of aromatic nitrogens is 4. The molecule has 0 saturated carbocycles. The molecule has 1 amide bonds. The monoisotopic (exact) mass is 447 g/mol. The molecule has 4 aromatic rings. The fourth-order valence-electron chi connectivity index (χ4n) is 4.42. The highest BCUT2D eigenvalue weighted by molar-refractivity contribution is 6.07. The van der Waals surface area contributed by atoms with Gasteiger partial charge in [0.1, 0.15) is 17.8 Å². The van der Waals surface area contributed by atoms with E-state index < -0.39 is 0 Å². The molecule has 1 aliphatic heterocycles. The van der Waals surface area contributed by atoms with Crippen LogP contribution in [0.15, 0.2) is 36.7 Å². The Morgan fingerprint density at radius 3 is 2.91 bits per heavy atom. The lowest BCUT2D eigenvalue weighted by Crippen LogP contribution is -2.34. The zero-order chi connectivity index (χ0) is 22.9. The number of nitrogens with one attached hydrogen (secondary N) is 2. The second kappa shape index (κ2) is 8.74. The third-order valence-electron chi connectivity index (χ3n) is 6.25. The quantitative estimate of drug-likeness (QED) is 0.498. The number of imidazole rings is 1. The van der Waals surface area contributed by atoms with Crippen LogP contribution in [0.4, 0.5) is 10.6 Å². The molecular formula is C24H29N7O2. The van der Waals surface area contributed by atoms with E-state index in [-0.39, 0.29) is 12.7 Å². The molecule has 5 rings (SSSR count). The molecule has 1 fully saturated rings. The molecule has 2 N–H and O–H groups in total. The molecule has 33 heavy (non-hydrogen) atoms. The Labute approximate surface area is 192 Å². The van der Waals surface area contributed by atoms with Crippen LogP contribution in [0.2, 0.25) is 0 Å². The van der Waals surface area contributed by atoms with E-state index in [0.717, 1.165) is 70.8 Å². The van der Waals surface area contributed by atoms with Gasteiger partial charge in [0.2, 0.25) is 0 Å². The number of H-pyrrole nitrogens is 1. The topological polar surface area (TPSA) is 91.3 Å². The maximum absolute atomic E-state index is 12.6. The lowest BCUT2D eigenvalue weighted by Gasteiger charge is -2.20. The fraction of sp³-hybridized carbons (Fsp3) is 0.375. The van der Waals surface area contributed by atoms with E-state index in [2.05, 4.69) is 33.3 Å². The number of amides is 1. The van der Waals surface area contributed by atoms with Gasteiger partial charge >= 0.3 is 6.09 Å². The first-order chi connectivity index (χ1) is 16.0. The van der Waals surface area contributed by atoms with Gasteiger partial charge in [0.05, 0.1) is 11.8 Å². The van der Waals surface area contributed by atoms with Crippen molar-refractivity contribution in [3.8, 4) is 11.3 Å². The number of fused-ring (bicyclic) bond motifs is 3. The molecule has 0 unspecified atom stereocenters. The lowest BCUT2D eigenvalue weighted by molar-refractivity contribution is 0.0976. The molecule has 4 heterocycles. The van der Waals surface area contributed by atoms with Gasteiger partial charge in [-0.15, -0.1) is 0 Å². The first-order valence-corrected chi connectivity index (χ1v) is 11.2. The van der Waals surface area contributed by atoms with Crippen molar-refractivity contribution in [1.29, 1.82) is 0 Å². The number of aromatic amines is 1. The van der Waals surface area contributed by atoms with Gasteiger partial charge < -0.3 is 29.4 Å². The molecule has 0 bridgehead atoms. The number of carbonyl (C=O) groups is 1. The van der Waals surface area contributed by atoms with Crippen LogP contribution < -0.4 is 5.32 Å². The first kappa shape index (κ1) is 21.3. The first-order valence-electron chi connectivity index (χ1n) is 11.2. The fourth-order valence-corrected chi connectivity index (χ4v) is 4.42. The average molecular weight is 448 g/mol. The number of benzene rings is 1. The van der Waals surface area contributed by atoms with Crippen molar-refractivity contribution in [2.45, 2.75) is 13.0 Å². The van der Waals surface area contributed by atoms with Crippen LogP contribution in [0, 0.1) is 0 Å². The number of nitrogens with zero attached hydrogens (tertiary/aromatic N) is 5. The largest absolute Gasteiger partial charge is 0.445 e. The van der Waals surface area contributed by atoms with Crippen molar-refractivity contribution in [2.24, 2.45) is 7.05 Å². The second-order valence-electron chi connectivity index (χ2n) is 8.61. The van der Waals surface area contributed by atoms with Gasteiger partial charge in [0, 0.05) is 44.8 Å². The van der Waals surface area contributed by atoms with Crippen molar-refractivity contribution in [2.75, 3.05) is 45.6 Å². The molecule has 1 saturated heterocycles. The van der Waals surface area contributed by atoms with Crippen molar-refractivity contribution in [3.63, 3.8) is 0 Å². The molecule has 0 radical (unpaired) electrons. The summed E-state index contributed by atoms with van der Waals surface area (Å²) in [5.41, 5.74) is 5.59. The summed E-state index contributed by atoms with van der Waals surface area (Å²) in [6.07, 6.45) is 2.52. The smallest absolute Gasteiger partial charge is 0.410 e. The van der Waals surface area contributed by atoms with Gasteiger partial charge in [-0.05, 0) is 43.3 Å². The zero-order valence-corrected chi connectivity index (χ0v) is 19.3. The van der Waals surface area contributed by atoms with E-state index in [1.807, 2.05) is 42.9 Å². The van der Waals surface area contributed by atoms with Gasteiger partial charge in [0.15, 0.2) is 5.82 Å². The molecule has 0 spiro atoms. The van der Waals surface area contributed by atoms with Gasteiger partial charge in [0.25, 0.3) is 0 Å². The summed E-state index contributed by atoms with van der Waals surface area (Å²) in [4.78, 5) is 29.2. The Morgan fingerprint density at radius 2 is 2.06 bits per heavy atom. The number of anilines is 1. The minimum absolute atomic E-state index is 0.243. The van der Waals surface area contributed by atoms with E-state index in [9.17, 15) is 4.79 Å². The van der Waals surface area contributed by atoms with Crippen molar-refractivity contribution >= 4 is 34.0 Å². The van der Waals surface area contributed by atoms with Gasteiger partial charge in [-0.1, -0.05) is 18.2 Å². The summed E-state index contributed by atoms with van der Waals surface area (Å²) in [7, 11) is 5.91. The average Bonchev–Trinajstić information content (AvgIpc) is 3.35. The number of carbonyl (C=O) groups excluding carboxylic acids is 1. The highest BCUT2D eigenvalue weighted by atomic mass is 16.6. The van der Waals surface area contributed by atoms with Gasteiger partial charge in [-0.3, -0.25) is 0 Å². The Bertz CT molecular complexity index is 1310. The molecule has 1 aromatic carbocycles. The predicted octanol–water partition coefficient (Wildman–Crippen LogP) is 3.43. The van der Waals surface area contributed by atoms with E-state index >= 15 is 0 Å². The van der Waals surface area contributed by atoms with Crippen LogP contribution in [0.25, 0.3) is 33.3 Å². The van der Waals surface area contributed by atoms with Gasteiger partial charge in [-0.25, -0.2) is 14.8 Å². The highest BCUT2D eigenvalue weighted by Gasteiger charge is 2.19. The van der Waals surface area contributed by atoms with E-state index in [1.165, 1.54) is 0 Å². The predicted molar refractivity (Wildman–Crippen MR) is 129 cm³/mol. The van der Waals surface area contributed by atoms with Crippen molar-refractivity contribution in [3.05, 3.63) is 42.2 Å². The van der Waals surface area contributed by atoms with Crippen LogP contribution >= 0.6 is 0 Å². The number of pyridine rings is 1. The molecule has 3 aromatic heterocycles. The number of hydrogen-bond acceptors (Lipinski definition) is 6. The molecule has 0 aliphatic carbocycles. The lowest BCUT2D eigenvalue weighted by atomic mass is 10.1. The summed E-state index contributed by atoms with van der Waals surface area (Å²) < 4.78 is 7.64. The summed E-state index contributed by atoms with van der Waals surface area (Å²) in [5.74, 6) is 0.742. The number of likely N-dealkylation sites (N-methyl/N-ethyl adjacent to an activating group) is 1. The standard InChI is InChI=1S/C24H29N7O2/c1-25-23-20-21(30(3)15-26-20)18-13-19(27-22(18)28-23)17-7-4-6-16(12-17)14-33-24(32)31-9-5-8-29(2)10-11-31/h4,6-7,12-13,15H,5,8-11,14H2,1-3H3,(H2,25,27,28).